The Balaban J connectivity index is 1.86. The van der Waals surface area contributed by atoms with Crippen LogP contribution in [-0.2, 0) is 11.3 Å². The molecule has 2 aromatic rings. The summed E-state index contributed by atoms with van der Waals surface area (Å²) < 4.78 is 1.18. The summed E-state index contributed by atoms with van der Waals surface area (Å²) in [4.78, 5) is 16.4. The standard InChI is InChI=1S/C15H21N3OS/c1-10(2)8-17-15(19)11(3)16-9-14-18-12-6-4-5-7-13(12)20-14/h4-7,10-11,16H,8-9H2,1-3H3,(H,17,19). The fourth-order valence-corrected chi connectivity index (χ4v) is 2.70. The minimum atomic E-state index is -0.208. The summed E-state index contributed by atoms with van der Waals surface area (Å²) in [7, 11) is 0. The van der Waals surface area contributed by atoms with Gasteiger partial charge in [0.2, 0.25) is 5.91 Å². The molecule has 0 aliphatic carbocycles. The zero-order valence-electron chi connectivity index (χ0n) is 12.1. The number of nitrogens with zero attached hydrogens (tertiary/aromatic N) is 1. The summed E-state index contributed by atoms with van der Waals surface area (Å²) in [5.41, 5.74) is 1.02. The summed E-state index contributed by atoms with van der Waals surface area (Å²) in [6, 6.07) is 7.87. The van der Waals surface area contributed by atoms with E-state index in [1.807, 2.05) is 25.1 Å². The van der Waals surface area contributed by atoms with Gasteiger partial charge in [0.15, 0.2) is 0 Å². The lowest BCUT2D eigenvalue weighted by molar-refractivity contribution is -0.122. The maximum absolute atomic E-state index is 11.9. The Kier molecular flexibility index (Phi) is 5.09. The smallest absolute Gasteiger partial charge is 0.236 e. The molecule has 0 saturated carbocycles. The van der Waals surface area contributed by atoms with Crippen LogP contribution in [0.5, 0.6) is 0 Å². The number of benzene rings is 1. The van der Waals surface area contributed by atoms with Crippen molar-refractivity contribution in [2.24, 2.45) is 5.92 Å². The summed E-state index contributed by atoms with van der Waals surface area (Å²) in [5.74, 6) is 0.509. The zero-order valence-corrected chi connectivity index (χ0v) is 13.0. The van der Waals surface area contributed by atoms with Gasteiger partial charge in [0, 0.05) is 13.1 Å². The average molecular weight is 291 g/mol. The fraction of sp³-hybridized carbons (Fsp3) is 0.467. The number of hydrogen-bond acceptors (Lipinski definition) is 4. The Morgan fingerprint density at radius 2 is 2.05 bits per heavy atom. The average Bonchev–Trinajstić information content (AvgIpc) is 2.84. The quantitative estimate of drug-likeness (QED) is 0.860. The van der Waals surface area contributed by atoms with Gasteiger partial charge >= 0.3 is 0 Å². The molecule has 1 aromatic heterocycles. The van der Waals surface area contributed by atoms with Gasteiger partial charge in [-0.1, -0.05) is 26.0 Å². The largest absolute Gasteiger partial charge is 0.354 e. The van der Waals surface area contributed by atoms with Gasteiger partial charge in [-0.3, -0.25) is 10.1 Å². The van der Waals surface area contributed by atoms with Crippen molar-refractivity contribution in [1.29, 1.82) is 0 Å². The normalized spacial score (nSPS) is 12.8. The van der Waals surface area contributed by atoms with E-state index in [1.54, 1.807) is 11.3 Å². The van der Waals surface area contributed by atoms with Crippen LogP contribution in [0.25, 0.3) is 10.2 Å². The molecule has 0 radical (unpaired) electrons. The molecule has 2 N–H and O–H groups in total. The van der Waals surface area contributed by atoms with Gasteiger partial charge in [-0.15, -0.1) is 11.3 Å². The van der Waals surface area contributed by atoms with E-state index < -0.39 is 0 Å². The molecular formula is C15H21N3OS. The van der Waals surface area contributed by atoms with Crippen molar-refractivity contribution in [3.8, 4) is 0 Å². The molecule has 1 aromatic carbocycles. The van der Waals surface area contributed by atoms with Crippen molar-refractivity contribution < 1.29 is 4.79 Å². The van der Waals surface area contributed by atoms with E-state index in [4.69, 9.17) is 0 Å². The van der Waals surface area contributed by atoms with Crippen LogP contribution in [0.1, 0.15) is 25.8 Å². The van der Waals surface area contributed by atoms with E-state index in [9.17, 15) is 4.79 Å². The van der Waals surface area contributed by atoms with Crippen molar-refractivity contribution in [3.05, 3.63) is 29.3 Å². The minimum absolute atomic E-state index is 0.0415. The molecule has 2 rings (SSSR count). The lowest BCUT2D eigenvalue weighted by Crippen LogP contribution is -2.42. The molecule has 0 fully saturated rings. The molecule has 1 heterocycles. The zero-order chi connectivity index (χ0) is 14.5. The van der Waals surface area contributed by atoms with Gasteiger partial charge in [0.1, 0.15) is 5.01 Å². The number of fused-ring (bicyclic) bond motifs is 1. The number of aromatic nitrogens is 1. The summed E-state index contributed by atoms with van der Waals surface area (Å²) in [6.07, 6.45) is 0. The first-order valence-electron chi connectivity index (χ1n) is 6.92. The van der Waals surface area contributed by atoms with Crippen LogP contribution in [0, 0.1) is 5.92 Å². The highest BCUT2D eigenvalue weighted by molar-refractivity contribution is 7.18. The van der Waals surface area contributed by atoms with Gasteiger partial charge in [-0.2, -0.15) is 0 Å². The van der Waals surface area contributed by atoms with E-state index in [1.165, 1.54) is 4.70 Å². The van der Waals surface area contributed by atoms with E-state index in [2.05, 4.69) is 35.5 Å². The van der Waals surface area contributed by atoms with Crippen LogP contribution in [0.2, 0.25) is 0 Å². The predicted molar refractivity (Wildman–Crippen MR) is 83.8 cm³/mol. The summed E-state index contributed by atoms with van der Waals surface area (Å²) in [6.45, 7) is 7.38. The first-order valence-corrected chi connectivity index (χ1v) is 7.73. The lowest BCUT2D eigenvalue weighted by atomic mass is 10.2. The van der Waals surface area contributed by atoms with Crippen LogP contribution in [0.15, 0.2) is 24.3 Å². The number of carbonyl (C=O) groups is 1. The van der Waals surface area contributed by atoms with E-state index >= 15 is 0 Å². The predicted octanol–water partition coefficient (Wildman–Crippen LogP) is 2.55. The van der Waals surface area contributed by atoms with E-state index in [0.29, 0.717) is 19.0 Å². The van der Waals surface area contributed by atoms with Crippen molar-refractivity contribution >= 4 is 27.5 Å². The molecule has 0 aliphatic rings. The topological polar surface area (TPSA) is 54.0 Å². The van der Waals surface area contributed by atoms with Crippen molar-refractivity contribution in [1.82, 2.24) is 15.6 Å². The fourth-order valence-electron chi connectivity index (χ4n) is 1.79. The van der Waals surface area contributed by atoms with Crippen LogP contribution in [-0.4, -0.2) is 23.5 Å². The number of nitrogens with one attached hydrogen (secondary N) is 2. The van der Waals surface area contributed by atoms with Gasteiger partial charge in [0.25, 0.3) is 0 Å². The van der Waals surface area contributed by atoms with Gasteiger partial charge < -0.3 is 5.32 Å². The lowest BCUT2D eigenvalue weighted by Gasteiger charge is -2.14. The Bertz CT molecular complexity index is 546. The number of thiazole rings is 1. The maximum atomic E-state index is 11.9. The minimum Gasteiger partial charge on any atom is -0.354 e. The van der Waals surface area contributed by atoms with Crippen molar-refractivity contribution in [2.75, 3.05) is 6.54 Å². The highest BCUT2D eigenvalue weighted by atomic mass is 32.1. The van der Waals surface area contributed by atoms with Crippen molar-refractivity contribution in [3.63, 3.8) is 0 Å². The first-order chi connectivity index (χ1) is 9.56. The molecule has 0 bridgehead atoms. The Hall–Kier alpha value is -1.46. The molecule has 1 amide bonds. The molecule has 0 saturated heterocycles. The highest BCUT2D eigenvalue weighted by Gasteiger charge is 2.13. The maximum Gasteiger partial charge on any atom is 0.236 e. The molecule has 0 aliphatic heterocycles. The molecule has 108 valence electrons. The summed E-state index contributed by atoms with van der Waals surface area (Å²) >= 11 is 1.66. The second-order valence-electron chi connectivity index (χ2n) is 5.32. The van der Waals surface area contributed by atoms with Crippen LogP contribution < -0.4 is 10.6 Å². The molecule has 1 unspecified atom stereocenters. The molecule has 20 heavy (non-hydrogen) atoms. The van der Waals surface area contributed by atoms with Gasteiger partial charge in [-0.05, 0) is 25.0 Å². The van der Waals surface area contributed by atoms with Gasteiger partial charge in [-0.25, -0.2) is 4.98 Å². The van der Waals surface area contributed by atoms with E-state index in [-0.39, 0.29) is 11.9 Å². The molecule has 0 spiro atoms. The van der Waals surface area contributed by atoms with Crippen molar-refractivity contribution in [2.45, 2.75) is 33.4 Å². The Morgan fingerprint density at radius 1 is 1.30 bits per heavy atom. The molecular weight excluding hydrogens is 270 g/mol. The van der Waals surface area contributed by atoms with Crippen LogP contribution in [0.4, 0.5) is 0 Å². The third kappa shape index (κ3) is 4.02. The second kappa shape index (κ2) is 6.81. The number of amides is 1. The number of para-hydroxylation sites is 1. The highest BCUT2D eigenvalue weighted by Crippen LogP contribution is 2.21. The third-order valence-corrected chi connectivity index (χ3v) is 4.01. The number of carbonyl (C=O) groups excluding carboxylic acids is 1. The Labute approximate surface area is 123 Å². The number of rotatable bonds is 6. The Morgan fingerprint density at radius 3 is 2.75 bits per heavy atom. The second-order valence-corrected chi connectivity index (χ2v) is 6.43. The molecule has 1 atom stereocenters. The molecule has 4 nitrogen and oxygen atoms in total. The first kappa shape index (κ1) is 14.9. The third-order valence-electron chi connectivity index (χ3n) is 2.98. The number of hydrogen-bond donors (Lipinski definition) is 2. The summed E-state index contributed by atoms with van der Waals surface area (Å²) in [5, 5.41) is 7.15. The van der Waals surface area contributed by atoms with Crippen LogP contribution in [0.3, 0.4) is 0 Å². The molecule has 5 heteroatoms. The monoisotopic (exact) mass is 291 g/mol. The van der Waals surface area contributed by atoms with Crippen LogP contribution >= 0.6 is 11.3 Å². The SMILES string of the molecule is CC(C)CNC(=O)C(C)NCc1nc2ccccc2s1. The van der Waals surface area contributed by atoms with E-state index in [0.717, 1.165) is 10.5 Å². The van der Waals surface area contributed by atoms with Gasteiger partial charge in [0.05, 0.1) is 16.3 Å².